The molecule has 0 radical (unpaired) electrons. The smallest absolute Gasteiger partial charge is 0.337 e. The Hall–Kier alpha value is -3.87. The summed E-state index contributed by atoms with van der Waals surface area (Å²) >= 11 is 0. The van der Waals surface area contributed by atoms with E-state index in [4.69, 9.17) is 4.74 Å². The summed E-state index contributed by atoms with van der Waals surface area (Å²) in [6.07, 6.45) is 3.69. The molecule has 2 fully saturated rings. The van der Waals surface area contributed by atoms with E-state index in [2.05, 4.69) is 23.5 Å². The number of carboxylic acids is 1. The maximum Gasteiger partial charge on any atom is 0.337 e. The Morgan fingerprint density at radius 1 is 1.03 bits per heavy atom. The molecule has 178 valence electrons. The second-order valence-corrected chi connectivity index (χ2v) is 9.91. The molecule has 0 spiro atoms. The standard InChI is InChI=1S/C28H26N2O5/c31-28(32)23-3-1-2-22-24-18-6-7-19(14-18)25(24)26(29-27(22)23)17-8-12-21(13-9-17)35-15-16-4-10-20(11-5-16)30(33)34/h1-5,8-13,18-19,24-26,29H,6-7,14-15H2,(H,31,32)/t18-,19-,24+,25+,26+/m0/s1. The van der Waals surface area contributed by atoms with Crippen LogP contribution in [-0.2, 0) is 6.61 Å². The fourth-order valence-corrected chi connectivity index (χ4v) is 6.67. The van der Waals surface area contributed by atoms with Gasteiger partial charge in [0.05, 0.1) is 22.2 Å². The number of non-ortho nitro benzene ring substituents is 1. The average molecular weight is 471 g/mol. The molecule has 35 heavy (non-hydrogen) atoms. The van der Waals surface area contributed by atoms with Crippen LogP contribution in [0.15, 0.2) is 66.7 Å². The molecule has 1 aliphatic heterocycles. The fourth-order valence-electron chi connectivity index (χ4n) is 6.67. The molecule has 3 aromatic rings. The maximum absolute atomic E-state index is 12.0. The minimum atomic E-state index is -0.898. The molecule has 5 atom stereocenters. The van der Waals surface area contributed by atoms with Gasteiger partial charge in [-0.25, -0.2) is 4.79 Å². The third kappa shape index (κ3) is 3.71. The summed E-state index contributed by atoms with van der Waals surface area (Å²) in [7, 11) is 0. The van der Waals surface area contributed by atoms with Gasteiger partial charge in [0.1, 0.15) is 12.4 Å². The Bertz CT molecular complexity index is 1290. The third-order valence-electron chi connectivity index (χ3n) is 8.14. The third-order valence-corrected chi connectivity index (χ3v) is 8.14. The Morgan fingerprint density at radius 2 is 1.77 bits per heavy atom. The van der Waals surface area contributed by atoms with Crippen molar-refractivity contribution in [3.8, 4) is 5.75 Å². The monoisotopic (exact) mass is 470 g/mol. The van der Waals surface area contributed by atoms with Gasteiger partial charge in [-0.15, -0.1) is 0 Å². The van der Waals surface area contributed by atoms with Crippen molar-refractivity contribution in [3.05, 3.63) is 99.1 Å². The van der Waals surface area contributed by atoms with Gasteiger partial charge in [-0.05, 0) is 90.0 Å². The van der Waals surface area contributed by atoms with Crippen molar-refractivity contribution in [2.45, 2.75) is 37.8 Å². The van der Waals surface area contributed by atoms with Gasteiger partial charge >= 0.3 is 5.97 Å². The summed E-state index contributed by atoms with van der Waals surface area (Å²) in [6.45, 7) is 0.322. The Morgan fingerprint density at radius 3 is 2.49 bits per heavy atom. The van der Waals surface area contributed by atoms with Crippen molar-refractivity contribution >= 4 is 17.3 Å². The van der Waals surface area contributed by atoms with Crippen LogP contribution in [0.5, 0.6) is 5.75 Å². The van der Waals surface area contributed by atoms with Gasteiger partial charge in [0.25, 0.3) is 5.69 Å². The van der Waals surface area contributed by atoms with E-state index in [9.17, 15) is 20.0 Å². The average Bonchev–Trinajstić information content (AvgIpc) is 3.50. The van der Waals surface area contributed by atoms with Gasteiger partial charge in [0.2, 0.25) is 0 Å². The molecule has 0 amide bonds. The largest absolute Gasteiger partial charge is 0.489 e. The van der Waals surface area contributed by atoms with Crippen LogP contribution in [0.2, 0.25) is 0 Å². The number of aromatic carboxylic acids is 1. The van der Waals surface area contributed by atoms with Crippen LogP contribution in [0.25, 0.3) is 0 Å². The topological polar surface area (TPSA) is 102 Å². The van der Waals surface area contributed by atoms with E-state index in [0.717, 1.165) is 22.6 Å². The number of benzene rings is 3. The number of carboxylic acid groups (broad SMARTS) is 1. The van der Waals surface area contributed by atoms with Gasteiger partial charge in [0.15, 0.2) is 0 Å². The molecule has 2 aliphatic carbocycles. The van der Waals surface area contributed by atoms with Gasteiger partial charge in [-0.2, -0.15) is 0 Å². The molecular weight excluding hydrogens is 444 g/mol. The number of nitro benzene ring substituents is 1. The molecule has 7 nitrogen and oxygen atoms in total. The summed E-state index contributed by atoms with van der Waals surface area (Å²) in [4.78, 5) is 22.4. The van der Waals surface area contributed by atoms with Crippen molar-refractivity contribution in [1.82, 2.24) is 0 Å². The number of ether oxygens (including phenoxy) is 1. The number of para-hydroxylation sites is 1. The summed E-state index contributed by atoms with van der Waals surface area (Å²) in [5, 5.41) is 24.3. The number of carbonyl (C=O) groups is 1. The Balaban J connectivity index is 1.24. The number of hydrogen-bond acceptors (Lipinski definition) is 5. The molecule has 2 bridgehead atoms. The highest BCUT2D eigenvalue weighted by Crippen LogP contribution is 2.64. The zero-order valence-corrected chi connectivity index (χ0v) is 19.1. The lowest BCUT2D eigenvalue weighted by Crippen LogP contribution is -2.36. The van der Waals surface area contributed by atoms with E-state index in [1.807, 2.05) is 18.2 Å². The predicted octanol–water partition coefficient (Wildman–Crippen LogP) is 6.17. The molecule has 0 saturated heterocycles. The first-order chi connectivity index (χ1) is 17.0. The summed E-state index contributed by atoms with van der Waals surface area (Å²) in [5.41, 5.74) is 4.34. The SMILES string of the molecule is O=C(O)c1cccc2c1N[C@H](c1ccc(OCc3ccc([N+](=O)[O-])cc3)cc1)[C@@H]1[C@H]3CC[C@@H](C3)[C@H]21. The van der Waals surface area contributed by atoms with E-state index >= 15 is 0 Å². The fraction of sp³-hybridized carbons (Fsp3) is 0.321. The van der Waals surface area contributed by atoms with Gasteiger partial charge in [-0.3, -0.25) is 10.1 Å². The van der Waals surface area contributed by atoms with Crippen molar-refractivity contribution in [1.29, 1.82) is 0 Å². The first-order valence-electron chi connectivity index (χ1n) is 12.1. The first-order valence-corrected chi connectivity index (χ1v) is 12.1. The van der Waals surface area contributed by atoms with Gasteiger partial charge < -0.3 is 15.2 Å². The molecule has 3 aromatic carbocycles. The van der Waals surface area contributed by atoms with E-state index in [1.165, 1.54) is 37.0 Å². The highest BCUT2D eigenvalue weighted by Gasteiger charge is 2.54. The molecule has 2 N–H and O–H groups in total. The highest BCUT2D eigenvalue weighted by atomic mass is 16.6. The van der Waals surface area contributed by atoms with Crippen molar-refractivity contribution in [3.63, 3.8) is 0 Å². The lowest BCUT2D eigenvalue weighted by atomic mass is 9.67. The van der Waals surface area contributed by atoms with Gasteiger partial charge in [0, 0.05) is 12.1 Å². The lowest BCUT2D eigenvalue weighted by Gasteiger charge is -2.44. The highest BCUT2D eigenvalue weighted by molar-refractivity contribution is 5.95. The zero-order chi connectivity index (χ0) is 24.1. The number of nitrogens with one attached hydrogen (secondary N) is 1. The first kappa shape index (κ1) is 21.6. The number of nitrogens with zero attached hydrogens (tertiary/aromatic N) is 1. The van der Waals surface area contributed by atoms with Crippen LogP contribution in [0.4, 0.5) is 11.4 Å². The second kappa shape index (κ2) is 8.41. The van der Waals surface area contributed by atoms with Crippen LogP contribution < -0.4 is 10.1 Å². The maximum atomic E-state index is 12.0. The minimum Gasteiger partial charge on any atom is -0.489 e. The summed E-state index contributed by atoms with van der Waals surface area (Å²) < 4.78 is 5.91. The zero-order valence-electron chi connectivity index (χ0n) is 19.1. The van der Waals surface area contributed by atoms with Crippen molar-refractivity contribution in [2.24, 2.45) is 17.8 Å². The van der Waals surface area contributed by atoms with Crippen LogP contribution in [0.3, 0.4) is 0 Å². The quantitative estimate of drug-likeness (QED) is 0.330. The number of rotatable bonds is 6. The molecular formula is C28H26N2O5. The molecule has 6 rings (SSSR count). The molecule has 1 heterocycles. The summed E-state index contributed by atoms with van der Waals surface area (Å²) in [5.74, 6) is 1.96. The Kier molecular flexibility index (Phi) is 5.20. The molecule has 0 unspecified atom stereocenters. The van der Waals surface area contributed by atoms with Crippen LogP contribution >= 0.6 is 0 Å². The number of fused-ring (bicyclic) bond motifs is 7. The molecule has 3 aliphatic rings. The summed E-state index contributed by atoms with van der Waals surface area (Å²) in [6, 6.07) is 20.1. The predicted molar refractivity (Wildman–Crippen MR) is 131 cm³/mol. The molecule has 0 aromatic heterocycles. The van der Waals surface area contributed by atoms with Crippen molar-refractivity contribution < 1.29 is 19.6 Å². The van der Waals surface area contributed by atoms with E-state index in [-0.39, 0.29) is 11.7 Å². The Labute approximate surface area is 202 Å². The number of hydrogen-bond donors (Lipinski definition) is 2. The van der Waals surface area contributed by atoms with E-state index in [1.54, 1.807) is 18.2 Å². The van der Waals surface area contributed by atoms with E-state index < -0.39 is 10.9 Å². The van der Waals surface area contributed by atoms with Gasteiger partial charge in [-0.1, -0.05) is 24.3 Å². The molecule has 7 heteroatoms. The lowest BCUT2D eigenvalue weighted by molar-refractivity contribution is -0.384. The van der Waals surface area contributed by atoms with Crippen molar-refractivity contribution in [2.75, 3.05) is 5.32 Å². The second-order valence-electron chi connectivity index (χ2n) is 9.91. The van der Waals surface area contributed by atoms with Crippen LogP contribution in [0, 0.1) is 27.9 Å². The molecule has 2 saturated carbocycles. The normalized spacial score (nSPS) is 25.9. The number of nitro groups is 1. The van der Waals surface area contributed by atoms with Crippen LogP contribution in [-0.4, -0.2) is 16.0 Å². The number of anilines is 1. The van der Waals surface area contributed by atoms with Crippen LogP contribution in [0.1, 0.15) is 58.3 Å². The van der Waals surface area contributed by atoms with E-state index in [0.29, 0.717) is 35.8 Å². The minimum absolute atomic E-state index is 0.0598.